The first-order valence-electron chi connectivity index (χ1n) is 6.28. The highest BCUT2D eigenvalue weighted by atomic mass is 16.3. The number of rotatable bonds is 6. The first kappa shape index (κ1) is 14.4. The number of carbonyl (C=O) groups is 1. The summed E-state index contributed by atoms with van der Waals surface area (Å²) in [5.41, 5.74) is 1.64. The van der Waals surface area contributed by atoms with E-state index < -0.39 is 5.91 Å². The van der Waals surface area contributed by atoms with E-state index in [1.807, 2.05) is 6.92 Å². The van der Waals surface area contributed by atoms with Gasteiger partial charge in [-0.3, -0.25) is 9.59 Å². The summed E-state index contributed by atoms with van der Waals surface area (Å²) in [5.74, 6) is -0.440. The molecule has 3 N–H and O–H groups in total. The SMILES string of the molecule is CCCc1cc(C(=O)NCCO)c(=O)[nH]c1CC. The minimum absolute atomic E-state index is 0.115. The van der Waals surface area contributed by atoms with Crippen molar-refractivity contribution in [1.29, 1.82) is 0 Å². The molecule has 0 saturated carbocycles. The Morgan fingerprint density at radius 1 is 1.44 bits per heavy atom. The van der Waals surface area contributed by atoms with E-state index in [0.29, 0.717) is 0 Å². The lowest BCUT2D eigenvalue weighted by Gasteiger charge is -2.09. The zero-order chi connectivity index (χ0) is 13.5. The van der Waals surface area contributed by atoms with Gasteiger partial charge in [0.15, 0.2) is 0 Å². The summed E-state index contributed by atoms with van der Waals surface area (Å²) in [5, 5.41) is 11.1. The number of carbonyl (C=O) groups excluding carboxylic acids is 1. The van der Waals surface area contributed by atoms with E-state index in [1.54, 1.807) is 6.07 Å². The largest absolute Gasteiger partial charge is 0.395 e. The molecule has 0 radical (unpaired) electrons. The Morgan fingerprint density at radius 3 is 2.72 bits per heavy atom. The minimum Gasteiger partial charge on any atom is -0.395 e. The third-order valence-corrected chi connectivity index (χ3v) is 2.73. The predicted molar refractivity (Wildman–Crippen MR) is 69.9 cm³/mol. The summed E-state index contributed by atoms with van der Waals surface area (Å²) in [6.45, 7) is 4.03. The van der Waals surface area contributed by atoms with Crippen LogP contribution in [0, 0.1) is 0 Å². The van der Waals surface area contributed by atoms with Crippen molar-refractivity contribution < 1.29 is 9.90 Å². The molecule has 0 unspecified atom stereocenters. The van der Waals surface area contributed by atoms with Crippen LogP contribution in [0.5, 0.6) is 0 Å². The molecule has 1 aromatic rings. The smallest absolute Gasteiger partial charge is 0.261 e. The second-order valence-corrected chi connectivity index (χ2v) is 4.10. The van der Waals surface area contributed by atoms with Crippen molar-refractivity contribution in [3.05, 3.63) is 33.2 Å². The molecule has 100 valence electrons. The Morgan fingerprint density at radius 2 is 2.17 bits per heavy atom. The molecule has 1 heterocycles. The normalized spacial score (nSPS) is 10.4. The van der Waals surface area contributed by atoms with Crippen molar-refractivity contribution in [3.8, 4) is 0 Å². The zero-order valence-electron chi connectivity index (χ0n) is 10.9. The van der Waals surface area contributed by atoms with Crippen LogP contribution < -0.4 is 10.9 Å². The summed E-state index contributed by atoms with van der Waals surface area (Å²) in [7, 11) is 0. The Labute approximate surface area is 106 Å². The Hall–Kier alpha value is -1.62. The predicted octanol–water partition coefficient (Wildman–Crippen LogP) is 0.612. The minimum atomic E-state index is -0.440. The highest BCUT2D eigenvalue weighted by Crippen LogP contribution is 2.09. The van der Waals surface area contributed by atoms with Crippen LogP contribution in [-0.2, 0) is 12.8 Å². The van der Waals surface area contributed by atoms with E-state index in [4.69, 9.17) is 5.11 Å². The lowest BCUT2D eigenvalue weighted by atomic mass is 10.0. The van der Waals surface area contributed by atoms with Crippen molar-refractivity contribution in [3.63, 3.8) is 0 Å². The van der Waals surface area contributed by atoms with E-state index in [0.717, 1.165) is 30.5 Å². The van der Waals surface area contributed by atoms with E-state index in [-0.39, 0.29) is 24.3 Å². The molecule has 0 aliphatic rings. The fourth-order valence-corrected chi connectivity index (χ4v) is 1.85. The highest BCUT2D eigenvalue weighted by Gasteiger charge is 2.13. The van der Waals surface area contributed by atoms with E-state index in [2.05, 4.69) is 17.2 Å². The quantitative estimate of drug-likeness (QED) is 0.694. The molecule has 0 spiro atoms. The molecule has 5 heteroatoms. The number of amides is 1. The van der Waals surface area contributed by atoms with Gasteiger partial charge in [0.2, 0.25) is 0 Å². The maximum absolute atomic E-state index is 11.8. The van der Waals surface area contributed by atoms with Gasteiger partial charge in [0.05, 0.1) is 6.61 Å². The molecule has 0 bridgehead atoms. The molecule has 1 amide bonds. The standard InChI is InChI=1S/C13H20N2O3/c1-3-5-9-8-10(12(17)14-6-7-16)13(18)15-11(9)4-2/h8,16H,3-7H2,1-2H3,(H,14,17)(H,15,18). The lowest BCUT2D eigenvalue weighted by molar-refractivity contribution is 0.0943. The molecule has 18 heavy (non-hydrogen) atoms. The van der Waals surface area contributed by atoms with Crippen LogP contribution in [0.15, 0.2) is 10.9 Å². The van der Waals surface area contributed by atoms with Crippen LogP contribution in [0.25, 0.3) is 0 Å². The van der Waals surface area contributed by atoms with Crippen LogP contribution in [0.3, 0.4) is 0 Å². The molecule has 0 fully saturated rings. The molecule has 1 rings (SSSR count). The Balaban J connectivity index is 3.08. The van der Waals surface area contributed by atoms with Crippen LogP contribution in [0.2, 0.25) is 0 Å². The molecule has 0 atom stereocenters. The third kappa shape index (κ3) is 3.43. The number of aliphatic hydroxyl groups is 1. The highest BCUT2D eigenvalue weighted by molar-refractivity contribution is 5.94. The van der Waals surface area contributed by atoms with Gasteiger partial charge in [0.25, 0.3) is 11.5 Å². The number of aliphatic hydroxyl groups excluding tert-OH is 1. The summed E-state index contributed by atoms with van der Waals surface area (Å²) < 4.78 is 0. The molecule has 0 saturated heterocycles. The number of aromatic amines is 1. The summed E-state index contributed by atoms with van der Waals surface area (Å²) in [4.78, 5) is 26.3. The van der Waals surface area contributed by atoms with Crippen LogP contribution in [0.4, 0.5) is 0 Å². The van der Waals surface area contributed by atoms with Gasteiger partial charge in [0.1, 0.15) is 5.56 Å². The number of H-pyrrole nitrogens is 1. The summed E-state index contributed by atoms with van der Waals surface area (Å²) in [6.07, 6.45) is 2.53. The van der Waals surface area contributed by atoms with Gasteiger partial charge >= 0.3 is 0 Å². The Bertz CT molecular complexity index is 466. The number of aromatic nitrogens is 1. The number of pyridine rings is 1. The monoisotopic (exact) mass is 252 g/mol. The fraction of sp³-hybridized carbons (Fsp3) is 0.538. The van der Waals surface area contributed by atoms with E-state index in [9.17, 15) is 9.59 Å². The molecule has 1 aromatic heterocycles. The fourth-order valence-electron chi connectivity index (χ4n) is 1.85. The maximum atomic E-state index is 11.8. The number of hydrogen-bond acceptors (Lipinski definition) is 3. The van der Waals surface area contributed by atoms with Gasteiger partial charge in [-0.05, 0) is 24.5 Å². The van der Waals surface area contributed by atoms with Crippen LogP contribution >= 0.6 is 0 Å². The second-order valence-electron chi connectivity index (χ2n) is 4.10. The summed E-state index contributed by atoms with van der Waals surface area (Å²) in [6, 6.07) is 1.66. The molecular weight excluding hydrogens is 232 g/mol. The number of nitrogens with one attached hydrogen (secondary N) is 2. The average Bonchev–Trinajstić information content (AvgIpc) is 2.37. The molecule has 0 aliphatic heterocycles. The first-order valence-corrected chi connectivity index (χ1v) is 6.28. The number of aryl methyl sites for hydroxylation is 2. The second kappa shape index (κ2) is 6.96. The van der Waals surface area contributed by atoms with Gasteiger partial charge < -0.3 is 15.4 Å². The van der Waals surface area contributed by atoms with Gasteiger partial charge in [-0.25, -0.2) is 0 Å². The van der Waals surface area contributed by atoms with Gasteiger partial charge in [0, 0.05) is 12.2 Å². The van der Waals surface area contributed by atoms with Gasteiger partial charge in [-0.1, -0.05) is 20.3 Å². The number of hydrogen-bond donors (Lipinski definition) is 3. The first-order chi connectivity index (χ1) is 8.63. The lowest BCUT2D eigenvalue weighted by Crippen LogP contribution is -2.32. The molecular formula is C13H20N2O3. The Kier molecular flexibility index (Phi) is 5.58. The van der Waals surface area contributed by atoms with Gasteiger partial charge in [-0.15, -0.1) is 0 Å². The van der Waals surface area contributed by atoms with E-state index in [1.165, 1.54) is 0 Å². The van der Waals surface area contributed by atoms with E-state index >= 15 is 0 Å². The van der Waals surface area contributed by atoms with Crippen molar-refractivity contribution in [2.24, 2.45) is 0 Å². The van der Waals surface area contributed by atoms with Gasteiger partial charge in [-0.2, -0.15) is 0 Å². The topological polar surface area (TPSA) is 82.2 Å². The van der Waals surface area contributed by atoms with Crippen molar-refractivity contribution >= 4 is 5.91 Å². The van der Waals surface area contributed by atoms with Crippen molar-refractivity contribution in [1.82, 2.24) is 10.3 Å². The van der Waals surface area contributed by atoms with Crippen LogP contribution in [-0.4, -0.2) is 29.1 Å². The van der Waals surface area contributed by atoms with Crippen molar-refractivity contribution in [2.75, 3.05) is 13.2 Å². The van der Waals surface area contributed by atoms with Crippen LogP contribution in [0.1, 0.15) is 41.9 Å². The maximum Gasteiger partial charge on any atom is 0.261 e. The molecule has 0 aromatic carbocycles. The zero-order valence-corrected chi connectivity index (χ0v) is 10.9. The molecule has 5 nitrogen and oxygen atoms in total. The third-order valence-electron chi connectivity index (χ3n) is 2.73. The van der Waals surface area contributed by atoms with Crippen molar-refractivity contribution in [2.45, 2.75) is 33.1 Å². The average molecular weight is 252 g/mol. The summed E-state index contributed by atoms with van der Waals surface area (Å²) >= 11 is 0. The molecule has 0 aliphatic carbocycles.